The van der Waals surface area contributed by atoms with E-state index in [1.165, 1.54) is 18.3 Å². The molecule has 0 aliphatic rings. The Bertz CT molecular complexity index is 792. The third-order valence-corrected chi connectivity index (χ3v) is 2.85. The van der Waals surface area contributed by atoms with Crippen molar-refractivity contribution < 1.29 is 4.92 Å². The highest BCUT2D eigenvalue weighted by Crippen LogP contribution is 2.14. The van der Waals surface area contributed by atoms with Crippen molar-refractivity contribution in [3.8, 4) is 0 Å². The van der Waals surface area contributed by atoms with Crippen molar-refractivity contribution >= 4 is 28.9 Å². The lowest BCUT2D eigenvalue weighted by molar-refractivity contribution is -0.384. The summed E-state index contributed by atoms with van der Waals surface area (Å²) in [5, 5.41) is 14.7. The summed E-state index contributed by atoms with van der Waals surface area (Å²) in [6, 6.07) is 13.8. The number of para-hydroxylation sites is 2. The molecule has 0 fully saturated rings. The highest BCUT2D eigenvalue weighted by molar-refractivity contribution is 5.81. The van der Waals surface area contributed by atoms with Gasteiger partial charge in [-0.15, -0.1) is 0 Å². The lowest BCUT2D eigenvalue weighted by Crippen LogP contribution is -1.93. The van der Waals surface area contributed by atoms with Gasteiger partial charge in [0.15, 0.2) is 0 Å². The molecule has 1 heterocycles. The van der Waals surface area contributed by atoms with Crippen molar-refractivity contribution in [1.82, 2.24) is 9.97 Å². The van der Waals surface area contributed by atoms with Crippen molar-refractivity contribution in [3.05, 3.63) is 64.2 Å². The first kappa shape index (κ1) is 12.8. The number of hydrogen-bond donors (Lipinski definition) is 2. The molecule has 3 rings (SSSR count). The SMILES string of the molecule is O=[N+]([O-])c1cccc(/C=N/Nc2nc3ccccc3[nH]2)c1. The molecular formula is C14H11N5O2. The largest absolute Gasteiger partial charge is 0.323 e. The van der Waals surface area contributed by atoms with E-state index in [4.69, 9.17) is 0 Å². The van der Waals surface area contributed by atoms with Crippen LogP contribution in [0.4, 0.5) is 11.6 Å². The molecule has 7 heteroatoms. The fraction of sp³-hybridized carbons (Fsp3) is 0. The molecule has 0 aliphatic heterocycles. The lowest BCUT2D eigenvalue weighted by Gasteiger charge is -1.95. The number of hydrogen-bond acceptors (Lipinski definition) is 5. The minimum Gasteiger partial charge on any atom is -0.323 e. The summed E-state index contributed by atoms with van der Waals surface area (Å²) in [4.78, 5) is 17.6. The van der Waals surface area contributed by atoms with Gasteiger partial charge in [0.25, 0.3) is 5.69 Å². The van der Waals surface area contributed by atoms with E-state index < -0.39 is 4.92 Å². The predicted molar refractivity (Wildman–Crippen MR) is 80.4 cm³/mol. The first-order chi connectivity index (χ1) is 10.2. The maximum absolute atomic E-state index is 10.7. The average Bonchev–Trinajstić information content (AvgIpc) is 2.90. The molecule has 0 radical (unpaired) electrons. The molecule has 2 N–H and O–H groups in total. The fourth-order valence-electron chi connectivity index (χ4n) is 1.89. The van der Waals surface area contributed by atoms with E-state index in [0.29, 0.717) is 11.5 Å². The van der Waals surface area contributed by atoms with Gasteiger partial charge < -0.3 is 4.98 Å². The molecule has 0 bridgehead atoms. The minimum absolute atomic E-state index is 0.0303. The number of nitro groups is 1. The van der Waals surface area contributed by atoms with Gasteiger partial charge in [-0.2, -0.15) is 5.10 Å². The number of non-ortho nitro benzene ring substituents is 1. The van der Waals surface area contributed by atoms with Gasteiger partial charge in [0.2, 0.25) is 5.95 Å². The van der Waals surface area contributed by atoms with Crippen molar-refractivity contribution in [3.63, 3.8) is 0 Å². The van der Waals surface area contributed by atoms with Crippen LogP contribution in [-0.2, 0) is 0 Å². The number of nitrogens with zero attached hydrogens (tertiary/aromatic N) is 3. The zero-order valence-electron chi connectivity index (χ0n) is 10.9. The van der Waals surface area contributed by atoms with Gasteiger partial charge in [0.05, 0.1) is 22.2 Å². The van der Waals surface area contributed by atoms with Crippen LogP contribution in [0.1, 0.15) is 5.56 Å². The lowest BCUT2D eigenvalue weighted by atomic mass is 10.2. The molecule has 0 atom stereocenters. The van der Waals surface area contributed by atoms with Gasteiger partial charge in [0.1, 0.15) is 0 Å². The van der Waals surface area contributed by atoms with Crippen LogP contribution >= 0.6 is 0 Å². The number of anilines is 1. The summed E-state index contributed by atoms with van der Waals surface area (Å²) in [5.74, 6) is 0.512. The molecule has 2 aromatic carbocycles. The average molecular weight is 281 g/mol. The summed E-state index contributed by atoms with van der Waals surface area (Å²) < 4.78 is 0. The number of aromatic nitrogens is 2. The molecule has 7 nitrogen and oxygen atoms in total. The standard InChI is InChI=1S/C14H11N5O2/c20-19(21)11-5-3-4-10(8-11)9-15-18-14-16-12-6-1-2-7-13(12)17-14/h1-9H,(H2,16,17,18)/b15-9+. The predicted octanol–water partition coefficient (Wildman–Crippen LogP) is 2.92. The second kappa shape index (κ2) is 5.41. The summed E-state index contributed by atoms with van der Waals surface area (Å²) in [7, 11) is 0. The summed E-state index contributed by atoms with van der Waals surface area (Å²) in [5.41, 5.74) is 5.17. The van der Waals surface area contributed by atoms with E-state index in [-0.39, 0.29) is 5.69 Å². The highest BCUT2D eigenvalue weighted by atomic mass is 16.6. The maximum atomic E-state index is 10.7. The maximum Gasteiger partial charge on any atom is 0.270 e. The Morgan fingerprint density at radius 2 is 2.10 bits per heavy atom. The van der Waals surface area contributed by atoms with E-state index in [9.17, 15) is 10.1 Å². The quantitative estimate of drug-likeness (QED) is 0.436. The van der Waals surface area contributed by atoms with Gasteiger partial charge in [-0.25, -0.2) is 10.4 Å². The van der Waals surface area contributed by atoms with E-state index in [1.807, 2.05) is 24.3 Å². The number of aromatic amines is 1. The first-order valence-corrected chi connectivity index (χ1v) is 6.21. The molecule has 0 saturated carbocycles. The number of imidazole rings is 1. The van der Waals surface area contributed by atoms with Crippen molar-refractivity contribution in [1.29, 1.82) is 0 Å². The number of fused-ring (bicyclic) bond motifs is 1. The number of nitrogens with one attached hydrogen (secondary N) is 2. The normalized spacial score (nSPS) is 11.0. The molecule has 104 valence electrons. The molecule has 0 aliphatic carbocycles. The molecule has 0 amide bonds. The monoisotopic (exact) mass is 281 g/mol. The number of nitro benzene ring substituents is 1. The van der Waals surface area contributed by atoms with Crippen molar-refractivity contribution in [2.24, 2.45) is 5.10 Å². The van der Waals surface area contributed by atoms with Gasteiger partial charge in [0, 0.05) is 17.7 Å². The third kappa shape index (κ3) is 2.86. The zero-order valence-corrected chi connectivity index (χ0v) is 10.9. The first-order valence-electron chi connectivity index (χ1n) is 6.21. The van der Waals surface area contributed by atoms with E-state index in [1.54, 1.807) is 12.1 Å². The van der Waals surface area contributed by atoms with Crippen molar-refractivity contribution in [2.75, 3.05) is 5.43 Å². The molecule has 0 unspecified atom stereocenters. The van der Waals surface area contributed by atoms with Crippen LogP contribution in [0.2, 0.25) is 0 Å². The van der Waals surface area contributed by atoms with Gasteiger partial charge >= 0.3 is 0 Å². The second-order valence-electron chi connectivity index (χ2n) is 4.32. The number of hydrazone groups is 1. The molecule has 3 aromatic rings. The molecule has 0 spiro atoms. The van der Waals surface area contributed by atoms with E-state index >= 15 is 0 Å². The molecule has 21 heavy (non-hydrogen) atoms. The fourth-order valence-corrected chi connectivity index (χ4v) is 1.89. The van der Waals surface area contributed by atoms with Crippen molar-refractivity contribution in [2.45, 2.75) is 0 Å². The number of rotatable bonds is 4. The van der Waals surface area contributed by atoms with Gasteiger partial charge in [-0.3, -0.25) is 10.1 Å². The zero-order chi connectivity index (χ0) is 14.7. The van der Waals surface area contributed by atoms with Crippen LogP contribution in [0, 0.1) is 10.1 Å². The Balaban J connectivity index is 1.74. The van der Waals surface area contributed by atoms with Crippen LogP contribution in [0.3, 0.4) is 0 Å². The Hall–Kier alpha value is -3.22. The number of H-pyrrole nitrogens is 1. The van der Waals surface area contributed by atoms with Crippen LogP contribution in [0.5, 0.6) is 0 Å². The third-order valence-electron chi connectivity index (χ3n) is 2.85. The Morgan fingerprint density at radius 3 is 2.90 bits per heavy atom. The smallest absolute Gasteiger partial charge is 0.270 e. The molecule has 1 aromatic heterocycles. The molecular weight excluding hydrogens is 270 g/mol. The Labute approximate surface area is 119 Å². The highest BCUT2D eigenvalue weighted by Gasteiger charge is 2.04. The summed E-state index contributed by atoms with van der Waals surface area (Å²) in [6.07, 6.45) is 1.50. The van der Waals surface area contributed by atoms with Gasteiger partial charge in [-0.05, 0) is 12.1 Å². The van der Waals surface area contributed by atoms with Gasteiger partial charge in [-0.1, -0.05) is 24.3 Å². The van der Waals surface area contributed by atoms with Crippen LogP contribution in [0.15, 0.2) is 53.6 Å². The second-order valence-corrected chi connectivity index (χ2v) is 4.32. The summed E-state index contributed by atoms with van der Waals surface area (Å²) in [6.45, 7) is 0. The van der Waals surface area contributed by atoms with Crippen LogP contribution in [0.25, 0.3) is 11.0 Å². The van der Waals surface area contributed by atoms with E-state index in [0.717, 1.165) is 11.0 Å². The van der Waals surface area contributed by atoms with E-state index in [2.05, 4.69) is 20.5 Å². The Morgan fingerprint density at radius 1 is 1.24 bits per heavy atom. The van der Waals surface area contributed by atoms with Crippen LogP contribution < -0.4 is 5.43 Å². The minimum atomic E-state index is -0.440. The summed E-state index contributed by atoms with van der Waals surface area (Å²) >= 11 is 0. The molecule has 0 saturated heterocycles. The topological polar surface area (TPSA) is 96.2 Å². The van der Waals surface area contributed by atoms with Crippen LogP contribution in [-0.4, -0.2) is 21.1 Å². The Kier molecular flexibility index (Phi) is 3.30. The number of benzene rings is 2.